The van der Waals surface area contributed by atoms with E-state index in [1.54, 1.807) is 30.6 Å². The summed E-state index contributed by atoms with van der Waals surface area (Å²) in [7, 11) is -2.31. The van der Waals surface area contributed by atoms with E-state index >= 15 is 0 Å². The van der Waals surface area contributed by atoms with Gasteiger partial charge in [-0.2, -0.15) is 0 Å². The molecule has 0 bridgehead atoms. The predicted molar refractivity (Wildman–Crippen MR) is 107 cm³/mol. The molecule has 0 fully saturated rings. The van der Waals surface area contributed by atoms with Gasteiger partial charge in [-0.3, -0.25) is 9.88 Å². The number of rotatable bonds is 6. The molecule has 24 heavy (non-hydrogen) atoms. The minimum absolute atomic E-state index is 0.348. The van der Waals surface area contributed by atoms with Crippen LogP contribution >= 0.6 is 35.3 Å². The van der Waals surface area contributed by atoms with Gasteiger partial charge in [0.05, 0.1) is 6.29 Å². The van der Waals surface area contributed by atoms with Crippen molar-refractivity contribution in [1.29, 1.82) is 0 Å². The normalized spacial score (nSPS) is 11.1. The maximum absolute atomic E-state index is 12.3. The van der Waals surface area contributed by atoms with Gasteiger partial charge in [0.15, 0.2) is 5.11 Å². The average Bonchev–Trinajstić information content (AvgIpc) is 2.53. The molecule has 0 aliphatic rings. The summed E-state index contributed by atoms with van der Waals surface area (Å²) >= 11 is 8.87. The highest BCUT2D eigenvalue weighted by Crippen LogP contribution is 2.37. The smallest absolute Gasteiger partial charge is 0.175 e. The Morgan fingerprint density at radius 3 is 2.71 bits per heavy atom. The van der Waals surface area contributed by atoms with E-state index in [0.717, 1.165) is 16.5 Å². The molecule has 1 N–H and O–H groups in total. The van der Waals surface area contributed by atoms with E-state index in [4.69, 9.17) is 12.2 Å². The molecule has 2 aromatic heterocycles. The summed E-state index contributed by atoms with van der Waals surface area (Å²) in [6.45, 7) is 4.17. The molecule has 0 unspecified atom stereocenters. The van der Waals surface area contributed by atoms with Crippen LogP contribution < -0.4 is 10.2 Å². The van der Waals surface area contributed by atoms with Gasteiger partial charge < -0.3 is 9.88 Å². The van der Waals surface area contributed by atoms with Gasteiger partial charge in [-0.25, -0.2) is 4.98 Å². The Balaban J connectivity index is 2.04. The van der Waals surface area contributed by atoms with Gasteiger partial charge in [0.1, 0.15) is 13.0 Å². The lowest BCUT2D eigenvalue weighted by Crippen LogP contribution is -2.41. The van der Waals surface area contributed by atoms with Crippen LogP contribution in [0.3, 0.4) is 0 Å². The molecule has 0 atom stereocenters. The number of nitrogens with one attached hydrogen (secondary N) is 1. The highest BCUT2D eigenvalue weighted by molar-refractivity contribution is 9.10. The van der Waals surface area contributed by atoms with E-state index in [0.29, 0.717) is 23.8 Å². The van der Waals surface area contributed by atoms with Gasteiger partial charge in [-0.1, -0.05) is 6.07 Å². The molecule has 0 aromatic carbocycles. The Labute approximate surface area is 156 Å². The van der Waals surface area contributed by atoms with Gasteiger partial charge in [-0.05, 0) is 71.7 Å². The number of thiocarbonyl (C=S) groups is 1. The van der Waals surface area contributed by atoms with Gasteiger partial charge in [0.2, 0.25) is 0 Å². The number of nitrogens with zero attached hydrogens (tertiary/aromatic N) is 3. The van der Waals surface area contributed by atoms with Crippen molar-refractivity contribution in [1.82, 2.24) is 15.3 Å². The molecule has 0 radical (unpaired) electrons. The second-order valence-corrected chi connectivity index (χ2v) is 10.6. The van der Waals surface area contributed by atoms with E-state index < -0.39 is 7.14 Å². The van der Waals surface area contributed by atoms with E-state index in [1.807, 2.05) is 30.5 Å². The van der Waals surface area contributed by atoms with Crippen LogP contribution in [0, 0.1) is 0 Å². The number of anilines is 1. The minimum atomic E-state index is -2.31. The Kier molecular flexibility index (Phi) is 6.90. The highest BCUT2D eigenvalue weighted by Gasteiger charge is 2.20. The average molecular weight is 427 g/mol. The van der Waals surface area contributed by atoms with Crippen molar-refractivity contribution < 1.29 is 4.57 Å². The lowest BCUT2D eigenvalue weighted by Gasteiger charge is -2.26. The van der Waals surface area contributed by atoms with Crippen LogP contribution in [0.5, 0.6) is 0 Å². The molecule has 0 spiro atoms. The van der Waals surface area contributed by atoms with Crippen molar-refractivity contribution in [2.75, 3.05) is 31.1 Å². The Bertz CT molecular complexity index is 721. The maximum atomic E-state index is 12.3. The maximum Gasteiger partial charge on any atom is 0.175 e. The first kappa shape index (κ1) is 19.0. The van der Waals surface area contributed by atoms with Crippen LogP contribution in [-0.4, -0.2) is 41.2 Å². The number of halogens is 1. The first-order valence-electron chi connectivity index (χ1n) is 7.45. The van der Waals surface area contributed by atoms with Gasteiger partial charge >= 0.3 is 0 Å². The molecule has 2 rings (SSSR count). The van der Waals surface area contributed by atoms with Crippen molar-refractivity contribution in [2.24, 2.45) is 0 Å². The van der Waals surface area contributed by atoms with Gasteiger partial charge in [-0.15, -0.1) is 0 Å². The van der Waals surface area contributed by atoms with E-state index in [2.05, 4.69) is 31.2 Å². The molecular weight excluding hydrogens is 407 g/mol. The topological polar surface area (TPSA) is 58.1 Å². The number of hydrogen-bond donors (Lipinski definition) is 1. The van der Waals surface area contributed by atoms with Crippen LogP contribution in [0.1, 0.15) is 5.56 Å². The molecular formula is C16H20BrN4OPS. The van der Waals surface area contributed by atoms with Crippen molar-refractivity contribution in [3.8, 4) is 0 Å². The molecule has 0 aliphatic heterocycles. The Hall–Kier alpha value is -1.30. The van der Waals surface area contributed by atoms with Crippen molar-refractivity contribution in [2.45, 2.75) is 6.42 Å². The van der Waals surface area contributed by atoms with Crippen molar-refractivity contribution in [3.05, 3.63) is 52.9 Å². The van der Waals surface area contributed by atoms with Crippen LogP contribution in [0.2, 0.25) is 0 Å². The fraction of sp³-hybridized carbons (Fsp3) is 0.312. The molecule has 8 heteroatoms. The zero-order valence-corrected chi connectivity index (χ0v) is 16.9. The van der Waals surface area contributed by atoms with Gasteiger partial charge in [0, 0.05) is 29.6 Å². The van der Waals surface area contributed by atoms with Crippen LogP contribution in [-0.2, 0) is 11.0 Å². The first-order chi connectivity index (χ1) is 11.3. The van der Waals surface area contributed by atoms with Crippen molar-refractivity contribution in [3.63, 3.8) is 0 Å². The summed E-state index contributed by atoms with van der Waals surface area (Å²) in [5.41, 5.74) is 1.14. The fourth-order valence-corrected chi connectivity index (χ4v) is 3.62. The standard InChI is InChI=1S/C16H20BrN4OPS/c1-23(2,22)12-21(15-6-5-14(17)11-20-15)16(24)19-9-7-13-4-3-8-18-10-13/h3-6,8,10-11H,7,9,12H2,1-2H3,(H,19,24). The number of pyridine rings is 2. The quantitative estimate of drug-likeness (QED) is 0.560. The second-order valence-electron chi connectivity index (χ2n) is 5.82. The third kappa shape index (κ3) is 6.30. The molecule has 0 saturated heterocycles. The predicted octanol–water partition coefficient (Wildman–Crippen LogP) is 3.74. The minimum Gasteiger partial charge on any atom is -0.362 e. The van der Waals surface area contributed by atoms with Crippen molar-refractivity contribution >= 4 is 46.2 Å². The third-order valence-electron chi connectivity index (χ3n) is 3.13. The van der Waals surface area contributed by atoms with Crippen LogP contribution in [0.15, 0.2) is 47.3 Å². The Morgan fingerprint density at radius 2 is 2.12 bits per heavy atom. The van der Waals surface area contributed by atoms with Gasteiger partial charge in [0.25, 0.3) is 0 Å². The molecule has 2 aromatic rings. The highest BCUT2D eigenvalue weighted by atomic mass is 79.9. The molecule has 0 saturated carbocycles. The number of aromatic nitrogens is 2. The zero-order chi connectivity index (χ0) is 17.6. The van der Waals surface area contributed by atoms with E-state index in [9.17, 15) is 4.57 Å². The molecule has 5 nitrogen and oxygen atoms in total. The first-order valence-corrected chi connectivity index (χ1v) is 11.4. The molecule has 0 amide bonds. The van der Waals surface area contributed by atoms with Crippen LogP contribution in [0.4, 0.5) is 5.82 Å². The zero-order valence-electron chi connectivity index (χ0n) is 13.6. The lowest BCUT2D eigenvalue weighted by atomic mass is 10.2. The monoisotopic (exact) mass is 426 g/mol. The summed E-state index contributed by atoms with van der Waals surface area (Å²) in [5.74, 6) is 0.681. The summed E-state index contributed by atoms with van der Waals surface area (Å²) in [6, 6.07) is 7.69. The summed E-state index contributed by atoms with van der Waals surface area (Å²) in [6.07, 6.45) is 6.45. The number of hydrogen-bond acceptors (Lipinski definition) is 4. The largest absolute Gasteiger partial charge is 0.362 e. The van der Waals surface area contributed by atoms with E-state index in [1.165, 1.54) is 0 Å². The SMILES string of the molecule is CP(C)(=O)CN(C(=S)NCCc1cccnc1)c1ccc(Br)cn1. The second kappa shape index (κ2) is 8.70. The fourth-order valence-electron chi connectivity index (χ4n) is 2.06. The Morgan fingerprint density at radius 1 is 1.33 bits per heavy atom. The summed E-state index contributed by atoms with van der Waals surface area (Å²) in [4.78, 5) is 10.3. The summed E-state index contributed by atoms with van der Waals surface area (Å²) < 4.78 is 13.2. The third-order valence-corrected chi connectivity index (χ3v) is 4.93. The molecule has 2 heterocycles. The molecule has 0 aliphatic carbocycles. The van der Waals surface area contributed by atoms with E-state index in [-0.39, 0.29) is 0 Å². The van der Waals surface area contributed by atoms with Crippen LogP contribution in [0.25, 0.3) is 0 Å². The summed E-state index contributed by atoms with van der Waals surface area (Å²) in [5, 5.41) is 3.75. The molecule has 128 valence electrons. The lowest BCUT2D eigenvalue weighted by molar-refractivity contribution is 0.582.